The SMILES string of the molecule is CCc1ccc(C(C)CC(=O)N2CCC(N)CC2)cc1. The van der Waals surface area contributed by atoms with E-state index in [4.69, 9.17) is 5.73 Å². The first-order chi connectivity index (χ1) is 9.60. The lowest BCUT2D eigenvalue weighted by Crippen LogP contribution is -2.43. The summed E-state index contributed by atoms with van der Waals surface area (Å²) in [6, 6.07) is 8.91. The summed E-state index contributed by atoms with van der Waals surface area (Å²) in [5, 5.41) is 0. The molecule has 1 heterocycles. The Labute approximate surface area is 122 Å². The van der Waals surface area contributed by atoms with Crippen LogP contribution < -0.4 is 5.73 Å². The topological polar surface area (TPSA) is 46.3 Å². The molecule has 1 aliphatic heterocycles. The van der Waals surface area contributed by atoms with Crippen molar-refractivity contribution < 1.29 is 4.79 Å². The molecule has 0 aromatic heterocycles. The number of hydrogen-bond acceptors (Lipinski definition) is 2. The molecule has 1 aliphatic rings. The fourth-order valence-corrected chi connectivity index (χ4v) is 2.74. The molecule has 0 bridgehead atoms. The minimum atomic E-state index is 0.268. The zero-order chi connectivity index (χ0) is 14.5. The van der Waals surface area contributed by atoms with Crippen molar-refractivity contribution in [2.75, 3.05) is 13.1 Å². The second kappa shape index (κ2) is 6.89. The Morgan fingerprint density at radius 3 is 2.45 bits per heavy atom. The fraction of sp³-hybridized carbons (Fsp3) is 0.588. The Morgan fingerprint density at radius 1 is 1.30 bits per heavy atom. The number of carbonyl (C=O) groups excluding carboxylic acids is 1. The van der Waals surface area contributed by atoms with Gasteiger partial charge in [0.25, 0.3) is 0 Å². The van der Waals surface area contributed by atoms with Gasteiger partial charge in [-0.1, -0.05) is 38.1 Å². The highest BCUT2D eigenvalue weighted by Gasteiger charge is 2.22. The van der Waals surface area contributed by atoms with E-state index in [1.54, 1.807) is 0 Å². The molecule has 0 aliphatic carbocycles. The number of nitrogens with two attached hydrogens (primary N) is 1. The van der Waals surface area contributed by atoms with Crippen molar-refractivity contribution in [3.63, 3.8) is 0 Å². The summed E-state index contributed by atoms with van der Waals surface area (Å²) in [6.45, 7) is 5.93. The number of nitrogens with zero attached hydrogens (tertiary/aromatic N) is 1. The fourth-order valence-electron chi connectivity index (χ4n) is 2.74. The third kappa shape index (κ3) is 3.83. The van der Waals surface area contributed by atoms with Crippen LogP contribution in [0.1, 0.15) is 50.2 Å². The number of piperidine rings is 1. The quantitative estimate of drug-likeness (QED) is 0.917. The third-order valence-electron chi connectivity index (χ3n) is 4.33. The van der Waals surface area contributed by atoms with Crippen molar-refractivity contribution in [3.05, 3.63) is 35.4 Å². The van der Waals surface area contributed by atoms with Crippen molar-refractivity contribution in [3.8, 4) is 0 Å². The van der Waals surface area contributed by atoms with Crippen LogP contribution in [0.2, 0.25) is 0 Å². The molecule has 1 atom stereocenters. The Balaban J connectivity index is 1.89. The monoisotopic (exact) mass is 274 g/mol. The van der Waals surface area contributed by atoms with Crippen LogP contribution >= 0.6 is 0 Å². The molecule has 0 spiro atoms. The van der Waals surface area contributed by atoms with E-state index in [-0.39, 0.29) is 17.9 Å². The summed E-state index contributed by atoms with van der Waals surface area (Å²) < 4.78 is 0. The summed E-state index contributed by atoms with van der Waals surface area (Å²) in [6.07, 6.45) is 3.53. The maximum absolute atomic E-state index is 12.3. The molecule has 0 saturated carbocycles. The van der Waals surface area contributed by atoms with Crippen LogP contribution in [-0.2, 0) is 11.2 Å². The van der Waals surface area contributed by atoms with Gasteiger partial charge in [0.15, 0.2) is 0 Å². The minimum Gasteiger partial charge on any atom is -0.343 e. The van der Waals surface area contributed by atoms with Crippen molar-refractivity contribution in [2.45, 2.75) is 51.5 Å². The number of aryl methyl sites for hydroxylation is 1. The second-order valence-corrected chi connectivity index (χ2v) is 5.92. The highest BCUT2D eigenvalue weighted by Crippen LogP contribution is 2.21. The summed E-state index contributed by atoms with van der Waals surface area (Å²) in [4.78, 5) is 14.3. The third-order valence-corrected chi connectivity index (χ3v) is 4.33. The van der Waals surface area contributed by atoms with Gasteiger partial charge in [-0.3, -0.25) is 4.79 Å². The highest BCUT2D eigenvalue weighted by atomic mass is 16.2. The number of rotatable bonds is 4. The lowest BCUT2D eigenvalue weighted by Gasteiger charge is -2.31. The van der Waals surface area contributed by atoms with E-state index < -0.39 is 0 Å². The first-order valence-electron chi connectivity index (χ1n) is 7.72. The molecular formula is C17H26N2O. The number of likely N-dealkylation sites (tertiary alicyclic amines) is 1. The van der Waals surface area contributed by atoms with Crippen molar-refractivity contribution in [1.29, 1.82) is 0 Å². The van der Waals surface area contributed by atoms with E-state index in [1.807, 2.05) is 4.90 Å². The number of amides is 1. The van der Waals surface area contributed by atoms with Gasteiger partial charge in [0, 0.05) is 25.6 Å². The van der Waals surface area contributed by atoms with Crippen LogP contribution in [-0.4, -0.2) is 29.9 Å². The van der Waals surface area contributed by atoms with Gasteiger partial charge in [-0.05, 0) is 36.3 Å². The molecule has 1 amide bonds. The molecule has 110 valence electrons. The molecule has 1 unspecified atom stereocenters. The van der Waals surface area contributed by atoms with Crippen molar-refractivity contribution >= 4 is 5.91 Å². The van der Waals surface area contributed by atoms with Crippen LogP contribution in [0, 0.1) is 0 Å². The first-order valence-corrected chi connectivity index (χ1v) is 7.72. The Kier molecular flexibility index (Phi) is 5.18. The molecule has 2 rings (SSSR count). The normalized spacial score (nSPS) is 18.1. The van der Waals surface area contributed by atoms with Crippen LogP contribution in [0.3, 0.4) is 0 Å². The van der Waals surface area contributed by atoms with E-state index in [9.17, 15) is 4.79 Å². The maximum Gasteiger partial charge on any atom is 0.223 e. The lowest BCUT2D eigenvalue weighted by atomic mass is 9.95. The molecule has 3 nitrogen and oxygen atoms in total. The molecule has 1 aromatic carbocycles. The zero-order valence-electron chi connectivity index (χ0n) is 12.6. The highest BCUT2D eigenvalue weighted by molar-refractivity contribution is 5.77. The van der Waals surface area contributed by atoms with E-state index in [0.29, 0.717) is 6.42 Å². The Bertz CT molecular complexity index is 433. The Morgan fingerprint density at radius 2 is 1.90 bits per heavy atom. The van der Waals surface area contributed by atoms with Gasteiger partial charge in [-0.25, -0.2) is 0 Å². The number of benzene rings is 1. The molecule has 1 saturated heterocycles. The standard InChI is InChI=1S/C17H26N2O/c1-3-14-4-6-15(7-5-14)13(2)12-17(20)19-10-8-16(18)9-11-19/h4-7,13,16H,3,8-12,18H2,1-2H3. The van der Waals surface area contributed by atoms with E-state index in [2.05, 4.69) is 38.1 Å². The van der Waals surface area contributed by atoms with Gasteiger partial charge in [0.05, 0.1) is 0 Å². The summed E-state index contributed by atoms with van der Waals surface area (Å²) in [7, 11) is 0. The Hall–Kier alpha value is -1.35. The first kappa shape index (κ1) is 15.0. The average molecular weight is 274 g/mol. The maximum atomic E-state index is 12.3. The second-order valence-electron chi connectivity index (χ2n) is 5.92. The average Bonchev–Trinajstić information content (AvgIpc) is 2.48. The van der Waals surface area contributed by atoms with Crippen molar-refractivity contribution in [2.24, 2.45) is 5.73 Å². The molecule has 1 fully saturated rings. The predicted octanol–water partition coefficient (Wildman–Crippen LogP) is 2.69. The van der Waals surface area contributed by atoms with Gasteiger partial charge in [0.1, 0.15) is 0 Å². The van der Waals surface area contributed by atoms with Gasteiger partial charge in [0.2, 0.25) is 5.91 Å². The summed E-state index contributed by atoms with van der Waals surface area (Å²) in [5.41, 5.74) is 8.48. The molecule has 3 heteroatoms. The van der Waals surface area contributed by atoms with Gasteiger partial charge in [-0.2, -0.15) is 0 Å². The van der Waals surface area contributed by atoms with Crippen LogP contribution in [0.4, 0.5) is 0 Å². The molecule has 2 N–H and O–H groups in total. The van der Waals surface area contributed by atoms with Gasteiger partial charge >= 0.3 is 0 Å². The van der Waals surface area contributed by atoms with Crippen molar-refractivity contribution in [1.82, 2.24) is 4.90 Å². The number of hydrogen-bond donors (Lipinski definition) is 1. The van der Waals surface area contributed by atoms with Gasteiger partial charge in [-0.15, -0.1) is 0 Å². The summed E-state index contributed by atoms with van der Waals surface area (Å²) >= 11 is 0. The van der Waals surface area contributed by atoms with Gasteiger partial charge < -0.3 is 10.6 Å². The number of carbonyl (C=O) groups is 1. The largest absolute Gasteiger partial charge is 0.343 e. The lowest BCUT2D eigenvalue weighted by molar-refractivity contribution is -0.132. The molecule has 20 heavy (non-hydrogen) atoms. The van der Waals surface area contributed by atoms with Crippen LogP contribution in [0.5, 0.6) is 0 Å². The van der Waals surface area contributed by atoms with Crippen LogP contribution in [0.15, 0.2) is 24.3 Å². The predicted molar refractivity (Wildman–Crippen MR) is 82.6 cm³/mol. The van der Waals surface area contributed by atoms with E-state index in [0.717, 1.165) is 32.4 Å². The summed E-state index contributed by atoms with van der Waals surface area (Å²) in [5.74, 6) is 0.549. The smallest absolute Gasteiger partial charge is 0.223 e. The minimum absolute atomic E-state index is 0.268. The van der Waals surface area contributed by atoms with E-state index >= 15 is 0 Å². The molecule has 1 aromatic rings. The molecular weight excluding hydrogens is 248 g/mol. The zero-order valence-corrected chi connectivity index (χ0v) is 12.6. The van der Waals surface area contributed by atoms with Crippen LogP contribution in [0.25, 0.3) is 0 Å². The van der Waals surface area contributed by atoms with E-state index in [1.165, 1.54) is 11.1 Å². The molecule has 0 radical (unpaired) electrons.